The third kappa shape index (κ3) is 1.70. The second kappa shape index (κ2) is 4.85. The number of hydrogen-bond donors (Lipinski definition) is 0. The van der Waals surface area contributed by atoms with Crippen molar-refractivity contribution in [3.8, 4) is 11.5 Å². The molecule has 0 spiro atoms. The molecule has 3 aliphatic rings. The Kier molecular flexibility index (Phi) is 3.05. The van der Waals surface area contributed by atoms with E-state index >= 15 is 0 Å². The molecule has 2 aliphatic carbocycles. The summed E-state index contributed by atoms with van der Waals surface area (Å²) >= 11 is 0. The van der Waals surface area contributed by atoms with Crippen LogP contribution in [0.25, 0.3) is 0 Å². The molecule has 0 amide bonds. The van der Waals surface area contributed by atoms with Crippen LogP contribution in [-0.4, -0.2) is 43.5 Å². The van der Waals surface area contributed by atoms with Crippen molar-refractivity contribution in [1.29, 1.82) is 0 Å². The number of ketones is 1. The number of rotatable bonds is 3. The van der Waals surface area contributed by atoms with Gasteiger partial charge in [0.1, 0.15) is 0 Å². The van der Waals surface area contributed by atoms with E-state index in [0.717, 1.165) is 24.5 Å². The fourth-order valence-corrected chi connectivity index (χ4v) is 4.26. The molecular weight excluding hydrogens is 278 g/mol. The zero-order valence-electron chi connectivity index (χ0n) is 13.2. The zero-order chi connectivity index (χ0) is 15.4. The van der Waals surface area contributed by atoms with Crippen molar-refractivity contribution in [3.05, 3.63) is 35.4 Å². The van der Waals surface area contributed by atoms with E-state index in [-0.39, 0.29) is 17.8 Å². The van der Waals surface area contributed by atoms with Crippen molar-refractivity contribution in [3.63, 3.8) is 0 Å². The van der Waals surface area contributed by atoms with Crippen molar-refractivity contribution < 1.29 is 14.3 Å². The highest BCUT2D eigenvalue weighted by atomic mass is 16.5. The van der Waals surface area contributed by atoms with Gasteiger partial charge in [-0.15, -0.1) is 0 Å². The topological polar surface area (TPSA) is 38.8 Å². The van der Waals surface area contributed by atoms with Gasteiger partial charge in [-0.2, -0.15) is 0 Å². The van der Waals surface area contributed by atoms with Crippen molar-refractivity contribution >= 4 is 5.78 Å². The highest BCUT2D eigenvalue weighted by Gasteiger charge is 2.52. The van der Waals surface area contributed by atoms with E-state index in [1.54, 1.807) is 13.2 Å². The summed E-state index contributed by atoms with van der Waals surface area (Å²) in [4.78, 5) is 14.7. The fourth-order valence-electron chi connectivity index (χ4n) is 4.26. The largest absolute Gasteiger partial charge is 0.493 e. The molecule has 116 valence electrons. The number of carbonyl (C=O) groups is 1. The molecule has 0 radical (unpaired) electrons. The molecule has 1 heterocycles. The first-order chi connectivity index (χ1) is 10.7. The third-order valence-electron chi connectivity index (χ3n) is 5.49. The molecule has 1 aromatic rings. The molecule has 4 nitrogen and oxygen atoms in total. The Balaban J connectivity index is 1.89. The van der Waals surface area contributed by atoms with Crippen molar-refractivity contribution in [2.24, 2.45) is 5.92 Å². The van der Waals surface area contributed by atoms with Gasteiger partial charge in [0.05, 0.1) is 7.11 Å². The van der Waals surface area contributed by atoms with Gasteiger partial charge >= 0.3 is 0 Å². The molecule has 0 bridgehead atoms. The Morgan fingerprint density at radius 3 is 2.95 bits per heavy atom. The molecular formula is C18H21NO3. The highest BCUT2D eigenvalue weighted by Crippen LogP contribution is 2.55. The molecule has 0 fully saturated rings. The quantitative estimate of drug-likeness (QED) is 0.857. The van der Waals surface area contributed by atoms with Gasteiger partial charge in [0.25, 0.3) is 0 Å². The van der Waals surface area contributed by atoms with E-state index in [9.17, 15) is 4.79 Å². The molecule has 0 saturated heterocycles. The lowest BCUT2D eigenvalue weighted by molar-refractivity contribution is -0.122. The summed E-state index contributed by atoms with van der Waals surface area (Å²) in [5.41, 5.74) is 2.50. The fraction of sp³-hybridized carbons (Fsp3) is 0.500. The monoisotopic (exact) mass is 299 g/mol. The minimum Gasteiger partial charge on any atom is -0.493 e. The summed E-state index contributed by atoms with van der Waals surface area (Å²) in [6.07, 6.45) is 4.42. The predicted molar refractivity (Wildman–Crippen MR) is 83.6 cm³/mol. The molecule has 0 saturated carbocycles. The van der Waals surface area contributed by atoms with Gasteiger partial charge in [0, 0.05) is 23.4 Å². The molecule has 1 aliphatic heterocycles. The van der Waals surface area contributed by atoms with E-state index in [0.29, 0.717) is 12.0 Å². The molecule has 4 heteroatoms. The van der Waals surface area contributed by atoms with Gasteiger partial charge in [-0.05, 0) is 37.7 Å². The number of likely N-dealkylation sites (N-methyl/N-ethyl adjacent to an activating group) is 1. The average molecular weight is 299 g/mol. The number of carbonyl (C=O) groups excluding carboxylic acids is 1. The van der Waals surface area contributed by atoms with Gasteiger partial charge in [-0.1, -0.05) is 19.1 Å². The van der Waals surface area contributed by atoms with E-state index < -0.39 is 0 Å². The highest BCUT2D eigenvalue weighted by molar-refractivity contribution is 5.97. The van der Waals surface area contributed by atoms with Crippen LogP contribution in [0.4, 0.5) is 0 Å². The van der Waals surface area contributed by atoms with Crippen molar-refractivity contribution in [2.45, 2.75) is 31.4 Å². The minimum atomic E-state index is -0.381. The molecule has 1 unspecified atom stereocenters. The van der Waals surface area contributed by atoms with Crippen LogP contribution in [0.1, 0.15) is 24.0 Å². The summed E-state index contributed by atoms with van der Waals surface area (Å²) in [6.45, 7) is 3.18. The van der Waals surface area contributed by atoms with Crippen LogP contribution in [0, 0.1) is 5.92 Å². The first-order valence-corrected chi connectivity index (χ1v) is 7.94. The van der Waals surface area contributed by atoms with Gasteiger partial charge in [-0.3, -0.25) is 4.79 Å². The Morgan fingerprint density at radius 1 is 1.41 bits per heavy atom. The lowest BCUT2D eigenvalue weighted by atomic mass is 9.67. The Labute approximate surface area is 130 Å². The van der Waals surface area contributed by atoms with Crippen LogP contribution in [-0.2, 0) is 11.2 Å². The first-order valence-electron chi connectivity index (χ1n) is 7.94. The summed E-state index contributed by atoms with van der Waals surface area (Å²) in [6, 6.07) is 4.52. The lowest BCUT2D eigenvalue weighted by Gasteiger charge is -2.42. The van der Waals surface area contributed by atoms with Crippen molar-refractivity contribution in [1.82, 2.24) is 4.90 Å². The van der Waals surface area contributed by atoms with E-state index in [4.69, 9.17) is 9.47 Å². The van der Waals surface area contributed by atoms with Crippen LogP contribution in [0.15, 0.2) is 24.3 Å². The first kappa shape index (κ1) is 13.8. The standard InChI is InChI=1S/C18H21NO3/c1-4-19(2)12-9-10-5-8-14(21-3)18-15(10)16-11(12)6-7-13(20)17(16)22-18/h5-8,11-12,16-17H,4,9H2,1-3H3/t11-,12+,16?,17-/m0/s1. The van der Waals surface area contributed by atoms with Crippen LogP contribution >= 0.6 is 0 Å². The van der Waals surface area contributed by atoms with Crippen LogP contribution in [0.5, 0.6) is 11.5 Å². The second-order valence-electron chi connectivity index (χ2n) is 6.42. The van der Waals surface area contributed by atoms with Crippen molar-refractivity contribution in [2.75, 3.05) is 20.7 Å². The van der Waals surface area contributed by atoms with Crippen LogP contribution in [0.3, 0.4) is 0 Å². The summed E-state index contributed by atoms with van der Waals surface area (Å²) < 4.78 is 11.5. The van der Waals surface area contributed by atoms with Crippen LogP contribution in [0.2, 0.25) is 0 Å². The normalized spacial score (nSPS) is 31.2. The Morgan fingerprint density at radius 2 is 2.23 bits per heavy atom. The number of benzene rings is 1. The second-order valence-corrected chi connectivity index (χ2v) is 6.42. The molecule has 4 rings (SSSR count). The average Bonchev–Trinajstić information content (AvgIpc) is 2.95. The lowest BCUT2D eigenvalue weighted by Crippen LogP contribution is -2.48. The maximum absolute atomic E-state index is 12.3. The predicted octanol–water partition coefficient (Wildman–Crippen LogP) is 2.17. The summed E-state index contributed by atoms with van der Waals surface area (Å²) in [5, 5.41) is 0. The Hall–Kier alpha value is -1.81. The molecule has 0 aromatic heterocycles. The number of nitrogens with zero attached hydrogens (tertiary/aromatic N) is 1. The summed E-state index contributed by atoms with van der Waals surface area (Å²) in [7, 11) is 3.81. The smallest absolute Gasteiger partial charge is 0.196 e. The van der Waals surface area contributed by atoms with E-state index in [1.807, 2.05) is 6.07 Å². The number of hydrogen-bond acceptors (Lipinski definition) is 4. The van der Waals surface area contributed by atoms with Gasteiger partial charge in [-0.25, -0.2) is 0 Å². The Bertz CT molecular complexity index is 667. The van der Waals surface area contributed by atoms with Gasteiger partial charge in [0.2, 0.25) is 0 Å². The maximum Gasteiger partial charge on any atom is 0.196 e. The van der Waals surface area contributed by atoms with Gasteiger partial charge < -0.3 is 14.4 Å². The molecule has 4 atom stereocenters. The minimum absolute atomic E-state index is 0.0743. The SMILES string of the molecule is CCN(C)[C@@H]1Cc2ccc(OC)c3c2C2[C@H]1C=CC(=O)[C@@H]2O3. The number of methoxy groups -OCH3 is 1. The molecule has 22 heavy (non-hydrogen) atoms. The molecule has 0 N–H and O–H groups in total. The summed E-state index contributed by atoms with van der Waals surface area (Å²) in [5.74, 6) is 2.06. The van der Waals surface area contributed by atoms with E-state index in [2.05, 4.69) is 31.0 Å². The zero-order valence-corrected chi connectivity index (χ0v) is 13.2. The maximum atomic E-state index is 12.3. The van der Waals surface area contributed by atoms with E-state index in [1.165, 1.54) is 11.1 Å². The molecule has 1 aromatic carbocycles. The third-order valence-corrected chi connectivity index (χ3v) is 5.49. The van der Waals surface area contributed by atoms with Crippen LogP contribution < -0.4 is 9.47 Å². The number of ether oxygens (including phenoxy) is 2. The van der Waals surface area contributed by atoms with Gasteiger partial charge in [0.15, 0.2) is 23.4 Å².